The Hall–Kier alpha value is -1.34. The summed E-state index contributed by atoms with van der Waals surface area (Å²) in [5, 5.41) is 3.61. The van der Waals surface area contributed by atoms with Gasteiger partial charge in [0.2, 0.25) is 0 Å². The summed E-state index contributed by atoms with van der Waals surface area (Å²) in [5.41, 5.74) is 1.74. The fraction of sp³-hybridized carbons (Fsp3) is 0.333. The highest BCUT2D eigenvalue weighted by Gasteiger charge is 2.11. The molecule has 0 aliphatic carbocycles. The number of nitrogens with one attached hydrogen (secondary N) is 1. The van der Waals surface area contributed by atoms with Gasteiger partial charge in [-0.1, -0.05) is 33.6 Å². The first kappa shape index (κ1) is 20.0. The molecule has 0 bridgehead atoms. The first-order valence-corrected chi connectivity index (χ1v) is 8.85. The zero-order valence-electron chi connectivity index (χ0n) is 14.1. The van der Waals surface area contributed by atoms with Crippen LogP contribution in [-0.2, 0) is 17.9 Å². The van der Waals surface area contributed by atoms with Gasteiger partial charge in [0.1, 0.15) is 12.4 Å². The van der Waals surface area contributed by atoms with Gasteiger partial charge < -0.3 is 19.5 Å². The molecule has 136 valence electrons. The molecule has 4 nitrogen and oxygen atoms in total. The average Bonchev–Trinajstić information content (AvgIpc) is 2.59. The van der Waals surface area contributed by atoms with E-state index in [2.05, 4.69) is 21.2 Å². The van der Waals surface area contributed by atoms with Crippen molar-refractivity contribution in [3.05, 3.63) is 56.8 Å². The fourth-order valence-electron chi connectivity index (χ4n) is 2.18. The van der Waals surface area contributed by atoms with Gasteiger partial charge in [0, 0.05) is 30.2 Å². The smallest absolute Gasteiger partial charge is 0.162 e. The summed E-state index contributed by atoms with van der Waals surface area (Å²) in [6.07, 6.45) is 0. The van der Waals surface area contributed by atoms with E-state index in [1.807, 2.05) is 12.1 Å². The van der Waals surface area contributed by atoms with Crippen molar-refractivity contribution in [3.8, 4) is 11.5 Å². The van der Waals surface area contributed by atoms with E-state index < -0.39 is 0 Å². The van der Waals surface area contributed by atoms with Gasteiger partial charge in [0.05, 0.1) is 18.7 Å². The molecular formula is C18H20BrClFNO3. The topological polar surface area (TPSA) is 39.7 Å². The van der Waals surface area contributed by atoms with Gasteiger partial charge in [0.15, 0.2) is 11.5 Å². The van der Waals surface area contributed by atoms with Crippen LogP contribution in [-0.4, -0.2) is 27.4 Å². The van der Waals surface area contributed by atoms with Crippen LogP contribution < -0.4 is 14.8 Å². The van der Waals surface area contributed by atoms with Gasteiger partial charge in [-0.25, -0.2) is 4.39 Å². The van der Waals surface area contributed by atoms with Crippen LogP contribution in [0.3, 0.4) is 0 Å². The van der Waals surface area contributed by atoms with Gasteiger partial charge in [-0.2, -0.15) is 0 Å². The van der Waals surface area contributed by atoms with E-state index >= 15 is 0 Å². The van der Waals surface area contributed by atoms with Gasteiger partial charge in [-0.05, 0) is 29.8 Å². The number of ether oxygens (including phenoxy) is 3. The molecule has 0 spiro atoms. The lowest BCUT2D eigenvalue weighted by atomic mass is 10.2. The molecule has 0 saturated carbocycles. The van der Waals surface area contributed by atoms with E-state index in [0.29, 0.717) is 35.2 Å². The largest absolute Gasteiger partial charge is 0.493 e. The summed E-state index contributed by atoms with van der Waals surface area (Å²) in [5.74, 6) is 0.819. The Morgan fingerprint density at radius 2 is 1.92 bits per heavy atom. The van der Waals surface area contributed by atoms with Crippen LogP contribution >= 0.6 is 27.5 Å². The second-order valence-electron chi connectivity index (χ2n) is 5.29. The van der Waals surface area contributed by atoms with Gasteiger partial charge in [0.25, 0.3) is 0 Å². The number of hydrogen-bond acceptors (Lipinski definition) is 4. The van der Waals surface area contributed by atoms with Crippen LogP contribution in [0.1, 0.15) is 11.1 Å². The zero-order chi connectivity index (χ0) is 18.2. The Balaban J connectivity index is 2.08. The van der Waals surface area contributed by atoms with Gasteiger partial charge >= 0.3 is 0 Å². The first-order valence-electron chi connectivity index (χ1n) is 7.68. The second kappa shape index (κ2) is 9.97. The molecule has 0 saturated heterocycles. The predicted molar refractivity (Wildman–Crippen MR) is 100 cm³/mol. The van der Waals surface area contributed by atoms with Crippen LogP contribution in [0, 0.1) is 5.82 Å². The van der Waals surface area contributed by atoms with Gasteiger partial charge in [-0.15, -0.1) is 0 Å². The first-order chi connectivity index (χ1) is 12.0. The molecule has 0 radical (unpaired) electrons. The summed E-state index contributed by atoms with van der Waals surface area (Å²) in [7, 11) is 3.25. The number of hydrogen-bond donors (Lipinski definition) is 1. The highest BCUT2D eigenvalue weighted by molar-refractivity contribution is 9.10. The minimum absolute atomic E-state index is 0.216. The Kier molecular flexibility index (Phi) is 7.96. The molecule has 0 fully saturated rings. The predicted octanol–water partition coefficient (Wildman–Crippen LogP) is 4.57. The molecule has 0 aliphatic rings. The molecule has 0 atom stereocenters. The highest BCUT2D eigenvalue weighted by atomic mass is 79.9. The van der Waals surface area contributed by atoms with E-state index in [-0.39, 0.29) is 12.4 Å². The second-order valence-corrected chi connectivity index (χ2v) is 6.55. The number of rotatable bonds is 9. The van der Waals surface area contributed by atoms with Crippen molar-refractivity contribution < 1.29 is 18.6 Å². The molecule has 0 amide bonds. The van der Waals surface area contributed by atoms with Crippen LogP contribution in [0.4, 0.5) is 4.39 Å². The minimum Gasteiger partial charge on any atom is -0.493 e. The SMILES string of the molecule is COCCNCc1cc(OC)c(OCc2ccc(F)cc2Cl)cc1Br. The van der Waals surface area contributed by atoms with Crippen molar-refractivity contribution in [1.82, 2.24) is 5.32 Å². The Morgan fingerprint density at radius 1 is 1.12 bits per heavy atom. The minimum atomic E-state index is -0.376. The number of methoxy groups -OCH3 is 2. The van der Waals surface area contributed by atoms with E-state index in [1.165, 1.54) is 12.1 Å². The lowest BCUT2D eigenvalue weighted by molar-refractivity contribution is 0.199. The molecule has 0 aromatic heterocycles. The third-order valence-electron chi connectivity index (χ3n) is 3.53. The molecule has 2 aromatic carbocycles. The van der Waals surface area contributed by atoms with E-state index in [0.717, 1.165) is 16.6 Å². The summed E-state index contributed by atoms with van der Waals surface area (Å²) < 4.78 is 30.3. The summed E-state index contributed by atoms with van der Waals surface area (Å²) in [4.78, 5) is 0. The standard InChI is InChI=1S/C18H20BrClFNO3/c1-23-6-5-22-10-13-7-17(24-2)18(9-15(13)19)25-11-12-3-4-14(21)8-16(12)20/h3-4,7-9,22H,5-6,10-11H2,1-2H3. The Labute approximate surface area is 160 Å². The average molecular weight is 433 g/mol. The van der Waals surface area contributed by atoms with Crippen LogP contribution in [0.5, 0.6) is 11.5 Å². The van der Waals surface area contributed by atoms with Gasteiger partial charge in [-0.3, -0.25) is 0 Å². The van der Waals surface area contributed by atoms with Crippen molar-refractivity contribution in [3.63, 3.8) is 0 Å². The maximum Gasteiger partial charge on any atom is 0.162 e. The maximum atomic E-state index is 13.1. The summed E-state index contributed by atoms with van der Waals surface area (Å²) in [6.45, 7) is 2.29. The van der Waals surface area contributed by atoms with Crippen molar-refractivity contribution in [2.45, 2.75) is 13.2 Å². The van der Waals surface area contributed by atoms with Crippen molar-refractivity contribution in [2.24, 2.45) is 0 Å². The normalized spacial score (nSPS) is 10.8. The number of halogens is 3. The van der Waals surface area contributed by atoms with Crippen molar-refractivity contribution in [2.75, 3.05) is 27.4 Å². The Morgan fingerprint density at radius 3 is 2.60 bits per heavy atom. The van der Waals surface area contributed by atoms with E-state index in [9.17, 15) is 4.39 Å². The van der Waals surface area contributed by atoms with E-state index in [4.69, 9.17) is 25.8 Å². The third kappa shape index (κ3) is 5.85. The maximum absolute atomic E-state index is 13.1. The molecule has 1 N–H and O–H groups in total. The molecule has 0 aliphatic heterocycles. The molecule has 2 rings (SSSR count). The molecule has 2 aromatic rings. The fourth-order valence-corrected chi connectivity index (χ4v) is 2.86. The van der Waals surface area contributed by atoms with Crippen molar-refractivity contribution in [1.29, 1.82) is 0 Å². The monoisotopic (exact) mass is 431 g/mol. The molecular weight excluding hydrogens is 413 g/mol. The summed E-state index contributed by atoms with van der Waals surface area (Å²) >= 11 is 9.58. The quantitative estimate of drug-likeness (QED) is 0.590. The van der Waals surface area contributed by atoms with Crippen LogP contribution in [0.2, 0.25) is 5.02 Å². The zero-order valence-corrected chi connectivity index (χ0v) is 16.4. The number of benzene rings is 2. The molecule has 7 heteroatoms. The lowest BCUT2D eigenvalue weighted by Gasteiger charge is -2.15. The van der Waals surface area contributed by atoms with Crippen molar-refractivity contribution >= 4 is 27.5 Å². The summed E-state index contributed by atoms with van der Waals surface area (Å²) in [6, 6.07) is 7.98. The highest BCUT2D eigenvalue weighted by Crippen LogP contribution is 2.34. The molecule has 0 heterocycles. The van der Waals surface area contributed by atoms with E-state index in [1.54, 1.807) is 20.3 Å². The lowest BCUT2D eigenvalue weighted by Crippen LogP contribution is -2.18. The Bertz CT molecular complexity index is 715. The van der Waals surface area contributed by atoms with Crippen LogP contribution in [0.25, 0.3) is 0 Å². The molecule has 0 unspecified atom stereocenters. The molecule has 25 heavy (non-hydrogen) atoms. The third-order valence-corrected chi connectivity index (χ3v) is 4.62. The van der Waals surface area contributed by atoms with Crippen LogP contribution in [0.15, 0.2) is 34.8 Å².